The van der Waals surface area contributed by atoms with Crippen molar-refractivity contribution in [1.29, 1.82) is 0 Å². The molecular formula is C13H15F2N5S. The molecule has 8 heteroatoms. The van der Waals surface area contributed by atoms with Gasteiger partial charge >= 0.3 is 0 Å². The largest absolute Gasteiger partial charge is 0.366 e. The molecule has 0 aromatic carbocycles. The topological polar surface area (TPSA) is 54.3 Å². The predicted molar refractivity (Wildman–Crippen MR) is 80.5 cm³/mol. The van der Waals surface area contributed by atoms with Crippen LogP contribution in [0.2, 0.25) is 0 Å². The van der Waals surface area contributed by atoms with E-state index in [-0.39, 0.29) is 11.4 Å². The minimum atomic E-state index is -2.66. The Morgan fingerprint density at radius 1 is 1.33 bits per heavy atom. The summed E-state index contributed by atoms with van der Waals surface area (Å²) in [6.07, 6.45) is 0.680. The first-order valence-corrected chi connectivity index (χ1v) is 7.37. The van der Waals surface area contributed by atoms with E-state index in [1.165, 1.54) is 24.0 Å². The van der Waals surface area contributed by atoms with Gasteiger partial charge in [0, 0.05) is 25.7 Å². The summed E-state index contributed by atoms with van der Waals surface area (Å²) >= 11 is 1.36. The highest BCUT2D eigenvalue weighted by Crippen LogP contribution is 2.30. The van der Waals surface area contributed by atoms with Crippen LogP contribution in [-0.4, -0.2) is 46.0 Å². The molecule has 5 nitrogen and oxygen atoms in total. The molecule has 0 radical (unpaired) electrons. The van der Waals surface area contributed by atoms with Gasteiger partial charge in [-0.05, 0) is 19.2 Å². The number of pyridine rings is 1. The van der Waals surface area contributed by atoms with Crippen molar-refractivity contribution in [2.24, 2.45) is 4.99 Å². The van der Waals surface area contributed by atoms with Crippen LogP contribution in [0.4, 0.5) is 14.6 Å². The molecular weight excluding hydrogens is 296 g/mol. The van der Waals surface area contributed by atoms with Gasteiger partial charge in [-0.15, -0.1) is 0 Å². The lowest BCUT2D eigenvalue weighted by molar-refractivity contribution is 0.152. The first-order valence-electron chi connectivity index (χ1n) is 6.14. The van der Waals surface area contributed by atoms with E-state index in [0.29, 0.717) is 22.0 Å². The van der Waals surface area contributed by atoms with E-state index in [9.17, 15) is 8.78 Å². The molecule has 0 aliphatic heterocycles. The Balaban J connectivity index is 2.65. The number of hydrogen-bond donors (Lipinski definition) is 0. The van der Waals surface area contributed by atoms with Crippen LogP contribution in [-0.2, 0) is 0 Å². The molecule has 2 heterocycles. The Bertz CT molecular complexity index is 688. The Hall–Kier alpha value is -1.83. The number of alkyl halides is 2. The van der Waals surface area contributed by atoms with E-state index < -0.39 is 6.43 Å². The first-order chi connectivity index (χ1) is 9.92. The summed E-state index contributed by atoms with van der Waals surface area (Å²) in [7, 11) is 3.58. The van der Waals surface area contributed by atoms with E-state index >= 15 is 0 Å². The zero-order valence-corrected chi connectivity index (χ0v) is 12.9. The fourth-order valence-corrected chi connectivity index (χ4v) is 1.89. The summed E-state index contributed by atoms with van der Waals surface area (Å²) in [6.45, 7) is 1.73. The average Bonchev–Trinajstić information content (AvgIpc) is 2.45. The summed E-state index contributed by atoms with van der Waals surface area (Å²) in [5.74, 6) is 0.581. The zero-order valence-electron chi connectivity index (χ0n) is 12.1. The standard InChI is InChI=1S/C13H15F2N5S/c1-7(20(2)3)17-12-9(10(14)15)5-8-6-16-13(21-4)19-11(8)18-12/h5-6,10H,1-4H3. The maximum Gasteiger partial charge on any atom is 0.267 e. The van der Waals surface area contributed by atoms with Crippen molar-refractivity contribution < 1.29 is 8.78 Å². The minimum Gasteiger partial charge on any atom is -0.366 e. The quantitative estimate of drug-likeness (QED) is 0.377. The number of fused-ring (bicyclic) bond motifs is 1. The molecule has 0 amide bonds. The number of hydrogen-bond acceptors (Lipinski definition) is 5. The summed E-state index contributed by atoms with van der Waals surface area (Å²) in [6, 6.07) is 1.35. The normalized spacial score (nSPS) is 12.2. The average molecular weight is 311 g/mol. The van der Waals surface area contributed by atoms with Gasteiger partial charge in [-0.1, -0.05) is 11.8 Å². The Morgan fingerprint density at radius 3 is 2.62 bits per heavy atom. The van der Waals surface area contributed by atoms with Gasteiger partial charge in [0.15, 0.2) is 16.6 Å². The molecule has 112 valence electrons. The van der Waals surface area contributed by atoms with Crippen molar-refractivity contribution >= 4 is 34.4 Å². The van der Waals surface area contributed by atoms with Crippen molar-refractivity contribution in [3.63, 3.8) is 0 Å². The third kappa shape index (κ3) is 3.44. The molecule has 2 aromatic rings. The van der Waals surface area contributed by atoms with Crippen molar-refractivity contribution in [3.8, 4) is 0 Å². The van der Waals surface area contributed by atoms with Crippen molar-refractivity contribution in [2.45, 2.75) is 18.5 Å². The Labute approximate surface area is 125 Å². The van der Waals surface area contributed by atoms with E-state index in [1.807, 2.05) is 6.26 Å². The SMILES string of the molecule is CSc1ncc2cc(C(F)F)c(N=C(C)N(C)C)nc2n1. The molecule has 0 aliphatic rings. The molecule has 2 rings (SSSR count). The lowest BCUT2D eigenvalue weighted by Crippen LogP contribution is -2.18. The summed E-state index contributed by atoms with van der Waals surface area (Å²) < 4.78 is 26.4. The molecule has 0 unspecified atom stereocenters. The van der Waals surface area contributed by atoms with Gasteiger partial charge in [-0.2, -0.15) is 0 Å². The zero-order chi connectivity index (χ0) is 15.6. The number of thioether (sulfide) groups is 1. The second-order valence-electron chi connectivity index (χ2n) is 4.52. The Kier molecular flexibility index (Phi) is 4.66. The summed E-state index contributed by atoms with van der Waals surface area (Å²) in [5, 5.41) is 1.02. The fourth-order valence-electron chi connectivity index (χ4n) is 1.56. The molecule has 0 fully saturated rings. The van der Waals surface area contributed by atoms with E-state index in [1.54, 1.807) is 25.9 Å². The number of aromatic nitrogens is 3. The number of aliphatic imine (C=N–C) groups is 1. The molecule has 0 saturated carbocycles. The van der Waals surface area contributed by atoms with Crippen molar-refractivity contribution in [1.82, 2.24) is 19.9 Å². The lowest BCUT2D eigenvalue weighted by atomic mass is 10.2. The lowest BCUT2D eigenvalue weighted by Gasteiger charge is -2.12. The van der Waals surface area contributed by atoms with Gasteiger partial charge in [0.2, 0.25) is 0 Å². The highest BCUT2D eigenvalue weighted by atomic mass is 32.2. The smallest absolute Gasteiger partial charge is 0.267 e. The van der Waals surface area contributed by atoms with E-state index in [0.717, 1.165) is 0 Å². The van der Waals surface area contributed by atoms with Crippen molar-refractivity contribution in [2.75, 3.05) is 20.4 Å². The van der Waals surface area contributed by atoms with Crippen LogP contribution in [0.1, 0.15) is 18.9 Å². The van der Waals surface area contributed by atoms with Crippen LogP contribution in [0.3, 0.4) is 0 Å². The highest BCUT2D eigenvalue weighted by molar-refractivity contribution is 7.98. The minimum absolute atomic E-state index is 0.00514. The molecule has 0 spiro atoms. The highest BCUT2D eigenvalue weighted by Gasteiger charge is 2.17. The van der Waals surface area contributed by atoms with Crippen molar-refractivity contribution in [3.05, 3.63) is 17.8 Å². The molecule has 2 aromatic heterocycles. The molecule has 21 heavy (non-hydrogen) atoms. The summed E-state index contributed by atoms with van der Waals surface area (Å²) in [4.78, 5) is 18.4. The van der Waals surface area contributed by atoms with Gasteiger partial charge in [0.1, 0.15) is 5.84 Å². The molecule has 0 saturated heterocycles. The monoisotopic (exact) mass is 311 g/mol. The van der Waals surface area contributed by atoms with E-state index in [4.69, 9.17) is 0 Å². The van der Waals surface area contributed by atoms with Crippen LogP contribution >= 0.6 is 11.8 Å². The van der Waals surface area contributed by atoms with Gasteiger partial charge in [0.25, 0.3) is 6.43 Å². The van der Waals surface area contributed by atoms with Crippen LogP contribution in [0.5, 0.6) is 0 Å². The van der Waals surface area contributed by atoms with Gasteiger partial charge < -0.3 is 4.90 Å². The van der Waals surface area contributed by atoms with E-state index in [2.05, 4.69) is 19.9 Å². The summed E-state index contributed by atoms with van der Waals surface area (Å²) in [5.41, 5.74) is 0.147. The predicted octanol–water partition coefficient (Wildman–Crippen LogP) is 3.30. The first kappa shape index (κ1) is 15.6. The molecule has 0 atom stereocenters. The number of rotatable bonds is 3. The molecule has 0 aliphatic carbocycles. The third-order valence-electron chi connectivity index (χ3n) is 2.89. The van der Waals surface area contributed by atoms with Crippen LogP contribution in [0, 0.1) is 0 Å². The van der Waals surface area contributed by atoms with Crippen LogP contribution < -0.4 is 0 Å². The second-order valence-corrected chi connectivity index (χ2v) is 5.30. The number of amidine groups is 1. The third-order valence-corrected chi connectivity index (χ3v) is 3.45. The maximum absolute atomic E-state index is 13.2. The molecule has 0 N–H and O–H groups in total. The number of nitrogens with zero attached hydrogens (tertiary/aromatic N) is 5. The van der Waals surface area contributed by atoms with Gasteiger partial charge in [-0.3, -0.25) is 0 Å². The van der Waals surface area contributed by atoms with Gasteiger partial charge in [-0.25, -0.2) is 28.7 Å². The fraction of sp³-hybridized carbons (Fsp3) is 0.385. The Morgan fingerprint density at radius 2 is 2.05 bits per heavy atom. The van der Waals surface area contributed by atoms with Gasteiger partial charge in [0.05, 0.1) is 5.56 Å². The second kappa shape index (κ2) is 6.30. The number of halogens is 2. The van der Waals surface area contributed by atoms with Crippen LogP contribution in [0.25, 0.3) is 11.0 Å². The molecule has 0 bridgehead atoms. The maximum atomic E-state index is 13.2. The van der Waals surface area contributed by atoms with Crippen LogP contribution in [0.15, 0.2) is 22.4 Å².